The Hall–Kier alpha value is -1.11. The van der Waals surface area contributed by atoms with Crippen LogP contribution >= 0.6 is 0 Å². The first-order chi connectivity index (χ1) is 7.79. The Morgan fingerprint density at radius 3 is 2.35 bits per heavy atom. The van der Waals surface area contributed by atoms with Crippen LogP contribution in [0, 0.1) is 18.3 Å². The second-order valence-corrected chi connectivity index (χ2v) is 6.31. The van der Waals surface area contributed by atoms with Gasteiger partial charge < -0.3 is 0 Å². The predicted octanol–water partition coefficient (Wildman–Crippen LogP) is 4.64. The maximum Gasteiger partial charge on any atom is 0.163 e. The summed E-state index contributed by atoms with van der Waals surface area (Å²) in [5, 5.41) is 0. The van der Waals surface area contributed by atoms with Crippen LogP contribution in [-0.4, -0.2) is 5.78 Å². The van der Waals surface area contributed by atoms with Gasteiger partial charge in [-0.25, -0.2) is 0 Å². The number of rotatable bonds is 4. The summed E-state index contributed by atoms with van der Waals surface area (Å²) in [5.41, 5.74) is 2.26. The molecule has 0 saturated carbocycles. The van der Waals surface area contributed by atoms with Gasteiger partial charge in [-0.1, -0.05) is 52.0 Å². The Bertz CT molecular complexity index is 385. The highest BCUT2D eigenvalue weighted by Gasteiger charge is 2.18. The number of aryl methyl sites for hydroxylation is 1. The molecule has 1 heteroatoms. The van der Waals surface area contributed by atoms with E-state index in [1.165, 1.54) is 0 Å². The Balaban J connectivity index is 2.64. The van der Waals surface area contributed by atoms with E-state index in [0.29, 0.717) is 17.8 Å². The average Bonchev–Trinajstić information content (AvgIpc) is 2.14. The van der Waals surface area contributed by atoms with Gasteiger partial charge in [-0.05, 0) is 30.2 Å². The Morgan fingerprint density at radius 2 is 1.82 bits per heavy atom. The first-order valence-electron chi connectivity index (χ1n) is 6.38. The van der Waals surface area contributed by atoms with E-state index in [2.05, 4.69) is 27.7 Å². The zero-order valence-electron chi connectivity index (χ0n) is 11.7. The molecule has 1 atom stereocenters. The monoisotopic (exact) mass is 232 g/mol. The lowest BCUT2D eigenvalue weighted by atomic mass is 9.82. The number of hydrogen-bond donors (Lipinski definition) is 0. The largest absolute Gasteiger partial charge is 0.294 e. The van der Waals surface area contributed by atoms with Crippen LogP contribution in [-0.2, 0) is 0 Å². The van der Waals surface area contributed by atoms with Gasteiger partial charge in [-0.15, -0.1) is 0 Å². The van der Waals surface area contributed by atoms with Gasteiger partial charge in [0.1, 0.15) is 0 Å². The van der Waals surface area contributed by atoms with Crippen LogP contribution < -0.4 is 0 Å². The normalized spacial score (nSPS) is 13.5. The van der Waals surface area contributed by atoms with Crippen molar-refractivity contribution in [2.75, 3.05) is 0 Å². The minimum absolute atomic E-state index is 0.278. The molecule has 94 valence electrons. The summed E-state index contributed by atoms with van der Waals surface area (Å²) in [4.78, 5) is 12.2. The molecule has 0 aliphatic rings. The van der Waals surface area contributed by atoms with Crippen molar-refractivity contribution in [1.82, 2.24) is 0 Å². The maximum atomic E-state index is 12.2. The van der Waals surface area contributed by atoms with Crippen molar-refractivity contribution in [1.29, 1.82) is 0 Å². The molecule has 0 spiro atoms. The van der Waals surface area contributed by atoms with E-state index in [4.69, 9.17) is 0 Å². The third kappa shape index (κ3) is 4.72. The van der Waals surface area contributed by atoms with Gasteiger partial charge in [-0.2, -0.15) is 0 Å². The second-order valence-electron chi connectivity index (χ2n) is 6.31. The first-order valence-corrected chi connectivity index (χ1v) is 6.38. The summed E-state index contributed by atoms with van der Waals surface area (Å²) in [6.07, 6.45) is 1.74. The van der Waals surface area contributed by atoms with Crippen LogP contribution in [0.3, 0.4) is 0 Å². The van der Waals surface area contributed by atoms with Gasteiger partial charge in [0.05, 0.1) is 0 Å². The van der Waals surface area contributed by atoms with Crippen LogP contribution in [0.15, 0.2) is 24.3 Å². The molecule has 0 saturated heterocycles. The molecule has 0 aliphatic carbocycles. The molecule has 1 aromatic carbocycles. The molecular formula is C16H24O. The molecule has 0 radical (unpaired) electrons. The molecule has 0 heterocycles. The molecule has 1 aromatic rings. The molecule has 0 amide bonds. The van der Waals surface area contributed by atoms with E-state index in [-0.39, 0.29) is 5.78 Å². The standard InChI is InChI=1S/C16H24O/c1-12(11-16(3,4)5)10-15(17)14-9-7-6-8-13(14)2/h6-9,12H,10-11H2,1-5H3. The van der Waals surface area contributed by atoms with Crippen molar-refractivity contribution in [3.8, 4) is 0 Å². The molecule has 0 N–H and O–H groups in total. The molecule has 17 heavy (non-hydrogen) atoms. The number of Topliss-reactive ketones (excluding diaryl/α,β-unsaturated/α-hetero) is 1. The molecule has 0 fully saturated rings. The Kier molecular flexibility index (Phi) is 4.50. The van der Waals surface area contributed by atoms with Crippen molar-refractivity contribution >= 4 is 5.78 Å². The van der Waals surface area contributed by atoms with Gasteiger partial charge in [0.2, 0.25) is 0 Å². The molecule has 0 bridgehead atoms. The quantitative estimate of drug-likeness (QED) is 0.691. The van der Waals surface area contributed by atoms with Crippen LogP contribution in [0.25, 0.3) is 0 Å². The van der Waals surface area contributed by atoms with Crippen molar-refractivity contribution in [2.24, 2.45) is 11.3 Å². The molecule has 0 aromatic heterocycles. The summed E-state index contributed by atoms with van der Waals surface area (Å²) in [6, 6.07) is 7.85. The fourth-order valence-electron chi connectivity index (χ4n) is 2.43. The maximum absolute atomic E-state index is 12.2. The highest BCUT2D eigenvalue weighted by molar-refractivity contribution is 5.97. The topological polar surface area (TPSA) is 17.1 Å². The van der Waals surface area contributed by atoms with E-state index in [1.807, 2.05) is 31.2 Å². The Labute approximate surface area is 105 Å². The van der Waals surface area contributed by atoms with Crippen LogP contribution in [0.2, 0.25) is 0 Å². The summed E-state index contributed by atoms with van der Waals surface area (Å²) in [5.74, 6) is 0.724. The lowest BCUT2D eigenvalue weighted by molar-refractivity contribution is 0.0953. The van der Waals surface area contributed by atoms with Crippen molar-refractivity contribution in [2.45, 2.75) is 47.5 Å². The SMILES string of the molecule is Cc1ccccc1C(=O)CC(C)CC(C)(C)C. The number of carbonyl (C=O) groups is 1. The third-order valence-corrected chi connectivity index (χ3v) is 2.94. The first kappa shape index (κ1) is 14.0. The zero-order chi connectivity index (χ0) is 13.1. The number of ketones is 1. The Morgan fingerprint density at radius 1 is 1.24 bits per heavy atom. The smallest absolute Gasteiger partial charge is 0.163 e. The summed E-state index contributed by atoms with van der Waals surface area (Å²) >= 11 is 0. The van der Waals surface area contributed by atoms with Gasteiger partial charge in [0, 0.05) is 12.0 Å². The second kappa shape index (κ2) is 5.48. The van der Waals surface area contributed by atoms with E-state index < -0.39 is 0 Å². The van der Waals surface area contributed by atoms with Gasteiger partial charge >= 0.3 is 0 Å². The van der Waals surface area contributed by atoms with Crippen LogP contribution in [0.5, 0.6) is 0 Å². The van der Waals surface area contributed by atoms with Gasteiger partial charge in [0.25, 0.3) is 0 Å². The van der Waals surface area contributed by atoms with E-state index >= 15 is 0 Å². The summed E-state index contributed by atoms with van der Waals surface area (Å²) in [6.45, 7) is 10.8. The summed E-state index contributed by atoms with van der Waals surface area (Å²) < 4.78 is 0. The molecule has 0 aliphatic heterocycles. The van der Waals surface area contributed by atoms with Crippen LogP contribution in [0.1, 0.15) is 56.5 Å². The minimum atomic E-state index is 0.278. The zero-order valence-corrected chi connectivity index (χ0v) is 11.7. The fraction of sp³-hybridized carbons (Fsp3) is 0.562. The molecule has 1 unspecified atom stereocenters. The average molecular weight is 232 g/mol. The highest BCUT2D eigenvalue weighted by Crippen LogP contribution is 2.27. The van der Waals surface area contributed by atoms with E-state index in [1.54, 1.807) is 0 Å². The van der Waals surface area contributed by atoms with Crippen LogP contribution in [0.4, 0.5) is 0 Å². The van der Waals surface area contributed by atoms with E-state index in [9.17, 15) is 4.79 Å². The van der Waals surface area contributed by atoms with Gasteiger partial charge in [-0.3, -0.25) is 4.79 Å². The molecule has 1 nitrogen and oxygen atoms in total. The molecular weight excluding hydrogens is 208 g/mol. The number of carbonyl (C=O) groups excluding carboxylic acids is 1. The minimum Gasteiger partial charge on any atom is -0.294 e. The van der Waals surface area contributed by atoms with E-state index in [0.717, 1.165) is 17.5 Å². The van der Waals surface area contributed by atoms with Gasteiger partial charge in [0.15, 0.2) is 5.78 Å². The summed E-state index contributed by atoms with van der Waals surface area (Å²) in [7, 11) is 0. The predicted molar refractivity (Wildman–Crippen MR) is 73.4 cm³/mol. The molecule has 1 rings (SSSR count). The number of benzene rings is 1. The number of hydrogen-bond acceptors (Lipinski definition) is 1. The third-order valence-electron chi connectivity index (χ3n) is 2.94. The lowest BCUT2D eigenvalue weighted by Crippen LogP contribution is -2.14. The van der Waals surface area contributed by atoms with Crippen molar-refractivity contribution in [3.05, 3.63) is 35.4 Å². The fourth-order valence-corrected chi connectivity index (χ4v) is 2.43. The highest BCUT2D eigenvalue weighted by atomic mass is 16.1. The van der Waals surface area contributed by atoms with Crippen molar-refractivity contribution in [3.63, 3.8) is 0 Å². The lowest BCUT2D eigenvalue weighted by Gasteiger charge is -2.22. The van der Waals surface area contributed by atoms with Crippen molar-refractivity contribution < 1.29 is 4.79 Å².